The number of halogens is 3. The molecule has 1 unspecified atom stereocenters. The highest BCUT2D eigenvalue weighted by atomic mass is 19.4. The van der Waals surface area contributed by atoms with Gasteiger partial charge in [0.15, 0.2) is 0 Å². The number of nitrogens with zero attached hydrogens (tertiary/aromatic N) is 1. The van der Waals surface area contributed by atoms with E-state index in [9.17, 15) is 18.0 Å². The molecule has 1 aliphatic rings. The van der Waals surface area contributed by atoms with Crippen LogP contribution in [0.1, 0.15) is 29.6 Å². The Morgan fingerprint density at radius 2 is 2.09 bits per heavy atom. The summed E-state index contributed by atoms with van der Waals surface area (Å²) in [5.74, 6) is -0.672. The maximum absolute atomic E-state index is 12.4. The SMILES string of the molecule is CN(C(=O)c1cccc(OC(F)(F)F)c1)C1CCCNCC1. The number of carbonyl (C=O) groups is 1. The van der Waals surface area contributed by atoms with E-state index in [0.29, 0.717) is 0 Å². The van der Waals surface area contributed by atoms with Crippen LogP contribution in [0.5, 0.6) is 5.75 Å². The summed E-state index contributed by atoms with van der Waals surface area (Å²) in [5, 5.41) is 3.26. The van der Waals surface area contributed by atoms with Crippen molar-refractivity contribution < 1.29 is 22.7 Å². The Morgan fingerprint density at radius 3 is 2.82 bits per heavy atom. The number of alkyl halides is 3. The average Bonchev–Trinajstić information content (AvgIpc) is 2.73. The highest BCUT2D eigenvalue weighted by Crippen LogP contribution is 2.24. The van der Waals surface area contributed by atoms with E-state index in [0.717, 1.165) is 38.4 Å². The molecule has 0 saturated carbocycles. The topological polar surface area (TPSA) is 41.6 Å². The van der Waals surface area contributed by atoms with E-state index < -0.39 is 6.36 Å². The Balaban J connectivity index is 2.09. The summed E-state index contributed by atoms with van der Waals surface area (Å²) in [5.41, 5.74) is 0.196. The molecular formula is C15H19F3N2O2. The molecule has 0 bridgehead atoms. The lowest BCUT2D eigenvalue weighted by Gasteiger charge is -2.27. The molecule has 1 fully saturated rings. The molecule has 0 spiro atoms. The van der Waals surface area contributed by atoms with Crippen LogP contribution in [0, 0.1) is 0 Å². The first-order chi connectivity index (χ1) is 10.4. The van der Waals surface area contributed by atoms with Gasteiger partial charge in [-0.1, -0.05) is 6.07 Å². The lowest BCUT2D eigenvalue weighted by molar-refractivity contribution is -0.274. The monoisotopic (exact) mass is 316 g/mol. The number of carbonyl (C=O) groups excluding carboxylic acids is 1. The Hall–Kier alpha value is -1.76. The molecule has 1 aliphatic heterocycles. The van der Waals surface area contributed by atoms with Crippen LogP contribution in [0.25, 0.3) is 0 Å². The van der Waals surface area contributed by atoms with Crippen molar-refractivity contribution in [1.82, 2.24) is 10.2 Å². The van der Waals surface area contributed by atoms with E-state index in [4.69, 9.17) is 0 Å². The summed E-state index contributed by atoms with van der Waals surface area (Å²) in [4.78, 5) is 14.1. The lowest BCUT2D eigenvalue weighted by atomic mass is 10.1. The van der Waals surface area contributed by atoms with Gasteiger partial charge in [-0.2, -0.15) is 0 Å². The first-order valence-corrected chi connectivity index (χ1v) is 7.20. The number of hydrogen-bond acceptors (Lipinski definition) is 3. The van der Waals surface area contributed by atoms with Gasteiger partial charge in [-0.25, -0.2) is 0 Å². The molecule has 7 heteroatoms. The van der Waals surface area contributed by atoms with Gasteiger partial charge in [0.1, 0.15) is 5.75 Å². The third-order valence-corrected chi connectivity index (χ3v) is 3.73. The summed E-state index contributed by atoms with van der Waals surface area (Å²) >= 11 is 0. The number of benzene rings is 1. The smallest absolute Gasteiger partial charge is 0.406 e. The predicted octanol–water partition coefficient (Wildman–Crippen LogP) is 2.80. The standard InChI is InChI=1S/C15H19F3N2O2/c1-20(12-5-3-8-19-9-7-12)14(21)11-4-2-6-13(10-11)22-15(16,17)18/h2,4,6,10,12,19H,3,5,7-9H2,1H3. The van der Waals surface area contributed by atoms with Gasteiger partial charge in [0.05, 0.1) is 0 Å². The fourth-order valence-electron chi connectivity index (χ4n) is 2.58. The van der Waals surface area contributed by atoms with Crippen molar-refractivity contribution in [2.75, 3.05) is 20.1 Å². The van der Waals surface area contributed by atoms with E-state index in [1.165, 1.54) is 18.2 Å². The predicted molar refractivity (Wildman–Crippen MR) is 75.7 cm³/mol. The highest BCUT2D eigenvalue weighted by molar-refractivity contribution is 5.94. The first-order valence-electron chi connectivity index (χ1n) is 7.20. The van der Waals surface area contributed by atoms with E-state index >= 15 is 0 Å². The molecule has 0 aromatic heterocycles. The van der Waals surface area contributed by atoms with Crippen molar-refractivity contribution in [3.63, 3.8) is 0 Å². The van der Waals surface area contributed by atoms with Crippen LogP contribution < -0.4 is 10.1 Å². The van der Waals surface area contributed by atoms with Gasteiger partial charge < -0.3 is 15.0 Å². The molecular weight excluding hydrogens is 297 g/mol. The summed E-state index contributed by atoms with van der Waals surface area (Å²) in [6.07, 6.45) is -2.07. The third kappa shape index (κ3) is 4.62. The van der Waals surface area contributed by atoms with Gasteiger partial charge in [0, 0.05) is 18.7 Å². The summed E-state index contributed by atoms with van der Waals surface area (Å²) in [6, 6.07) is 5.28. The number of ether oxygens (including phenoxy) is 1. The highest BCUT2D eigenvalue weighted by Gasteiger charge is 2.31. The van der Waals surface area contributed by atoms with E-state index in [1.807, 2.05) is 0 Å². The molecule has 1 N–H and O–H groups in total. The van der Waals surface area contributed by atoms with Crippen LogP contribution in [0.15, 0.2) is 24.3 Å². The normalized spacial score (nSPS) is 19.4. The van der Waals surface area contributed by atoms with Crippen molar-refractivity contribution in [2.45, 2.75) is 31.7 Å². The number of rotatable bonds is 3. The molecule has 2 rings (SSSR count). The van der Waals surface area contributed by atoms with Crippen LogP contribution in [-0.4, -0.2) is 43.3 Å². The second-order valence-corrected chi connectivity index (χ2v) is 5.33. The minimum atomic E-state index is -4.76. The van der Waals surface area contributed by atoms with Crippen LogP contribution in [0.2, 0.25) is 0 Å². The van der Waals surface area contributed by atoms with Crippen LogP contribution in [0.3, 0.4) is 0 Å². The van der Waals surface area contributed by atoms with Gasteiger partial charge in [-0.15, -0.1) is 13.2 Å². The van der Waals surface area contributed by atoms with E-state index in [2.05, 4.69) is 10.1 Å². The molecule has 0 radical (unpaired) electrons. The van der Waals surface area contributed by atoms with E-state index in [-0.39, 0.29) is 23.3 Å². The zero-order chi connectivity index (χ0) is 16.2. The zero-order valence-corrected chi connectivity index (χ0v) is 12.3. The number of hydrogen-bond donors (Lipinski definition) is 1. The van der Waals surface area contributed by atoms with Gasteiger partial charge >= 0.3 is 6.36 Å². The first kappa shape index (κ1) is 16.6. The van der Waals surface area contributed by atoms with Crippen molar-refractivity contribution in [3.8, 4) is 5.75 Å². The number of amides is 1. The maximum atomic E-state index is 12.4. The molecule has 1 heterocycles. The van der Waals surface area contributed by atoms with Crippen molar-refractivity contribution in [3.05, 3.63) is 29.8 Å². The van der Waals surface area contributed by atoms with Gasteiger partial charge in [-0.05, 0) is 50.6 Å². The third-order valence-electron chi connectivity index (χ3n) is 3.73. The fourth-order valence-corrected chi connectivity index (χ4v) is 2.58. The van der Waals surface area contributed by atoms with Crippen molar-refractivity contribution >= 4 is 5.91 Å². The van der Waals surface area contributed by atoms with E-state index in [1.54, 1.807) is 11.9 Å². The Kier molecular flexibility index (Phi) is 5.28. The molecule has 22 heavy (non-hydrogen) atoms. The summed E-state index contributed by atoms with van der Waals surface area (Å²) in [6.45, 7) is 1.76. The van der Waals surface area contributed by atoms with Crippen LogP contribution in [0.4, 0.5) is 13.2 Å². The Labute approximate surface area is 127 Å². The molecule has 1 amide bonds. The van der Waals surface area contributed by atoms with Crippen LogP contribution >= 0.6 is 0 Å². The molecule has 0 aliphatic carbocycles. The van der Waals surface area contributed by atoms with Crippen LogP contribution in [-0.2, 0) is 0 Å². The molecule has 122 valence electrons. The maximum Gasteiger partial charge on any atom is 0.573 e. The average molecular weight is 316 g/mol. The number of nitrogens with one attached hydrogen (secondary N) is 1. The summed E-state index contributed by atoms with van der Waals surface area (Å²) in [7, 11) is 1.69. The Bertz CT molecular complexity index is 512. The second kappa shape index (κ2) is 7.00. The quantitative estimate of drug-likeness (QED) is 0.932. The Morgan fingerprint density at radius 1 is 1.32 bits per heavy atom. The molecule has 1 aromatic rings. The zero-order valence-electron chi connectivity index (χ0n) is 12.3. The largest absolute Gasteiger partial charge is 0.573 e. The molecule has 1 saturated heterocycles. The van der Waals surface area contributed by atoms with Gasteiger partial charge in [-0.3, -0.25) is 4.79 Å². The molecule has 1 atom stereocenters. The van der Waals surface area contributed by atoms with Gasteiger partial charge in [0.2, 0.25) is 0 Å². The summed E-state index contributed by atoms with van der Waals surface area (Å²) < 4.78 is 40.6. The lowest BCUT2D eigenvalue weighted by Crippen LogP contribution is -2.37. The minimum Gasteiger partial charge on any atom is -0.406 e. The van der Waals surface area contributed by atoms with Gasteiger partial charge in [0.25, 0.3) is 5.91 Å². The van der Waals surface area contributed by atoms with Crippen molar-refractivity contribution in [2.24, 2.45) is 0 Å². The molecule has 1 aromatic carbocycles. The minimum absolute atomic E-state index is 0.0923. The second-order valence-electron chi connectivity index (χ2n) is 5.33. The molecule has 4 nitrogen and oxygen atoms in total. The fraction of sp³-hybridized carbons (Fsp3) is 0.533. The van der Waals surface area contributed by atoms with Crippen molar-refractivity contribution in [1.29, 1.82) is 0 Å².